The average molecular weight is 531 g/mol. The zero-order chi connectivity index (χ0) is 25.9. The van der Waals surface area contributed by atoms with Crippen LogP contribution in [0.25, 0.3) is 11.1 Å². The van der Waals surface area contributed by atoms with Crippen molar-refractivity contribution >= 4 is 27.3 Å². The van der Waals surface area contributed by atoms with Crippen LogP contribution in [-0.4, -0.2) is 41.3 Å². The Bertz CT molecular complexity index is 1340. The van der Waals surface area contributed by atoms with E-state index in [9.17, 15) is 8.42 Å². The van der Waals surface area contributed by atoms with Crippen molar-refractivity contribution in [1.29, 1.82) is 0 Å². The van der Waals surface area contributed by atoms with Crippen LogP contribution in [0.15, 0.2) is 59.5 Å². The van der Waals surface area contributed by atoms with Gasteiger partial charge in [0.15, 0.2) is 11.5 Å². The molecule has 1 saturated heterocycles. The van der Waals surface area contributed by atoms with Gasteiger partial charge in [-0.25, -0.2) is 8.42 Å². The Morgan fingerprint density at radius 2 is 1.69 bits per heavy atom. The van der Waals surface area contributed by atoms with Gasteiger partial charge in [-0.2, -0.15) is 0 Å². The summed E-state index contributed by atoms with van der Waals surface area (Å²) in [5.41, 5.74) is 2.32. The Kier molecular flexibility index (Phi) is 7.68. The average Bonchev–Trinajstić information content (AvgIpc) is 3.30. The number of hydrogen-bond acceptors (Lipinski definition) is 6. The van der Waals surface area contributed by atoms with E-state index < -0.39 is 15.6 Å². The molecule has 1 fully saturated rings. The molecular formula is C27H31ClN2O5S. The van der Waals surface area contributed by atoms with Crippen LogP contribution in [0.3, 0.4) is 0 Å². The topological polar surface area (TPSA) is 85.9 Å². The summed E-state index contributed by atoms with van der Waals surface area (Å²) >= 11 is 6.37. The number of methoxy groups -OCH3 is 2. The van der Waals surface area contributed by atoms with Crippen LogP contribution in [0.2, 0.25) is 5.02 Å². The van der Waals surface area contributed by atoms with Crippen LogP contribution in [0.5, 0.6) is 17.2 Å². The molecule has 2 N–H and O–H groups in total. The summed E-state index contributed by atoms with van der Waals surface area (Å²) in [5, 5.41) is 3.69. The lowest BCUT2D eigenvalue weighted by Gasteiger charge is -2.26. The van der Waals surface area contributed by atoms with Gasteiger partial charge >= 0.3 is 0 Å². The highest BCUT2D eigenvalue weighted by Crippen LogP contribution is 2.39. The monoisotopic (exact) mass is 530 g/mol. The fourth-order valence-corrected chi connectivity index (χ4v) is 5.66. The van der Waals surface area contributed by atoms with Crippen LogP contribution in [0, 0.1) is 0 Å². The molecule has 1 aliphatic heterocycles. The molecule has 9 heteroatoms. The molecule has 0 spiro atoms. The van der Waals surface area contributed by atoms with Crippen molar-refractivity contribution < 1.29 is 22.6 Å². The Morgan fingerprint density at radius 3 is 2.31 bits per heavy atom. The van der Waals surface area contributed by atoms with Crippen molar-refractivity contribution in [3.63, 3.8) is 0 Å². The molecule has 192 valence electrons. The molecule has 0 aromatic heterocycles. The summed E-state index contributed by atoms with van der Waals surface area (Å²) in [6.45, 7) is 5.60. The van der Waals surface area contributed by atoms with E-state index in [4.69, 9.17) is 25.8 Å². The SMILES string of the molecule is CCc1ccc(-c2cc(OC)c(OC)cc2S(=O)(=O)Nc2ccc(Cl)c(O[C@]3(C)CCNC3)c2)cc1. The van der Waals surface area contributed by atoms with Gasteiger partial charge in [0.2, 0.25) is 0 Å². The second-order valence-electron chi connectivity index (χ2n) is 8.98. The molecule has 1 heterocycles. The lowest BCUT2D eigenvalue weighted by Crippen LogP contribution is -2.34. The summed E-state index contributed by atoms with van der Waals surface area (Å²) < 4.78 is 47.1. The maximum absolute atomic E-state index is 13.7. The third-order valence-corrected chi connectivity index (χ3v) is 8.05. The molecule has 0 saturated carbocycles. The highest BCUT2D eigenvalue weighted by atomic mass is 35.5. The number of hydrogen-bond donors (Lipinski definition) is 2. The van der Waals surface area contributed by atoms with E-state index >= 15 is 0 Å². The second kappa shape index (κ2) is 10.6. The largest absolute Gasteiger partial charge is 0.493 e. The number of sulfonamides is 1. The van der Waals surface area contributed by atoms with Gasteiger partial charge in [-0.1, -0.05) is 42.8 Å². The van der Waals surface area contributed by atoms with Crippen LogP contribution in [-0.2, 0) is 16.4 Å². The first-order valence-corrected chi connectivity index (χ1v) is 13.6. The predicted octanol–water partition coefficient (Wildman–Crippen LogP) is 5.52. The van der Waals surface area contributed by atoms with E-state index in [1.165, 1.54) is 20.3 Å². The molecule has 3 aromatic carbocycles. The van der Waals surface area contributed by atoms with Crippen molar-refractivity contribution in [2.24, 2.45) is 0 Å². The highest BCUT2D eigenvalue weighted by Gasteiger charge is 2.31. The third-order valence-electron chi connectivity index (χ3n) is 6.32. The first kappa shape index (κ1) is 26.1. The summed E-state index contributed by atoms with van der Waals surface area (Å²) in [7, 11) is -1.05. The standard InChI is InChI=1S/C27H31ClN2O5S/c1-5-18-6-8-19(9-7-18)21-15-24(33-3)25(34-4)16-26(21)36(31,32)30-20-10-11-22(28)23(14-20)35-27(2)12-13-29-17-27/h6-11,14-16,29-30H,5,12-13,17H2,1-4H3/t27-/m1/s1. The van der Waals surface area contributed by atoms with Gasteiger partial charge in [-0.15, -0.1) is 0 Å². The number of nitrogens with one attached hydrogen (secondary N) is 2. The van der Waals surface area contributed by atoms with E-state index in [0.29, 0.717) is 40.1 Å². The fraction of sp³-hybridized carbons (Fsp3) is 0.333. The molecule has 0 unspecified atom stereocenters. The van der Waals surface area contributed by atoms with E-state index in [2.05, 4.69) is 17.0 Å². The first-order chi connectivity index (χ1) is 17.2. The number of anilines is 1. The van der Waals surface area contributed by atoms with Crippen LogP contribution in [0.1, 0.15) is 25.8 Å². The molecule has 1 aliphatic rings. The lowest BCUT2D eigenvalue weighted by atomic mass is 10.0. The van der Waals surface area contributed by atoms with Gasteiger partial charge in [-0.05, 0) is 49.2 Å². The van der Waals surface area contributed by atoms with Crippen molar-refractivity contribution in [2.45, 2.75) is 37.2 Å². The van der Waals surface area contributed by atoms with Crippen molar-refractivity contribution in [3.05, 3.63) is 65.2 Å². The van der Waals surface area contributed by atoms with Gasteiger partial charge in [0.1, 0.15) is 11.4 Å². The highest BCUT2D eigenvalue weighted by molar-refractivity contribution is 7.92. The maximum Gasteiger partial charge on any atom is 0.262 e. The van der Waals surface area contributed by atoms with Crippen LogP contribution in [0.4, 0.5) is 5.69 Å². The molecule has 0 aliphatic carbocycles. The molecule has 7 nitrogen and oxygen atoms in total. The number of rotatable bonds is 9. The molecule has 0 bridgehead atoms. The normalized spacial score (nSPS) is 17.6. The van der Waals surface area contributed by atoms with Gasteiger partial charge in [-0.3, -0.25) is 4.72 Å². The second-order valence-corrected chi connectivity index (χ2v) is 11.0. The van der Waals surface area contributed by atoms with E-state index in [0.717, 1.165) is 30.5 Å². The van der Waals surface area contributed by atoms with Gasteiger partial charge in [0.25, 0.3) is 10.0 Å². The summed E-state index contributed by atoms with van der Waals surface area (Å²) in [6, 6.07) is 15.8. The number of halogens is 1. The Hall–Kier alpha value is -2.94. The molecule has 1 atom stereocenters. The summed E-state index contributed by atoms with van der Waals surface area (Å²) in [5.74, 6) is 1.17. The molecular weight excluding hydrogens is 500 g/mol. The third kappa shape index (κ3) is 5.56. The molecule has 4 rings (SSSR count). The van der Waals surface area contributed by atoms with E-state index in [1.54, 1.807) is 24.3 Å². The van der Waals surface area contributed by atoms with Crippen molar-refractivity contribution in [3.8, 4) is 28.4 Å². The maximum atomic E-state index is 13.7. The molecule has 36 heavy (non-hydrogen) atoms. The van der Waals surface area contributed by atoms with E-state index in [1.807, 2.05) is 31.2 Å². The van der Waals surface area contributed by atoms with Crippen LogP contribution >= 0.6 is 11.6 Å². The number of benzene rings is 3. The lowest BCUT2D eigenvalue weighted by molar-refractivity contribution is 0.111. The minimum Gasteiger partial charge on any atom is -0.493 e. The minimum absolute atomic E-state index is 0.0637. The van der Waals surface area contributed by atoms with Gasteiger partial charge in [0.05, 0.1) is 29.8 Å². The fourth-order valence-electron chi connectivity index (χ4n) is 4.23. The van der Waals surface area contributed by atoms with E-state index in [-0.39, 0.29) is 4.90 Å². The van der Waals surface area contributed by atoms with Crippen molar-refractivity contribution in [2.75, 3.05) is 32.0 Å². The van der Waals surface area contributed by atoms with Crippen LogP contribution < -0.4 is 24.2 Å². The molecule has 3 aromatic rings. The summed E-state index contributed by atoms with van der Waals surface area (Å²) in [6.07, 6.45) is 1.71. The Balaban J connectivity index is 1.74. The zero-order valence-electron chi connectivity index (χ0n) is 20.9. The van der Waals surface area contributed by atoms with Gasteiger partial charge < -0.3 is 19.5 Å². The predicted molar refractivity (Wildman–Crippen MR) is 143 cm³/mol. The Labute approximate surface area is 217 Å². The molecule has 0 amide bonds. The summed E-state index contributed by atoms with van der Waals surface area (Å²) in [4.78, 5) is 0.0637. The first-order valence-electron chi connectivity index (χ1n) is 11.8. The Morgan fingerprint density at radius 1 is 1.00 bits per heavy atom. The smallest absolute Gasteiger partial charge is 0.262 e. The minimum atomic E-state index is -4.03. The number of ether oxygens (including phenoxy) is 3. The quantitative estimate of drug-likeness (QED) is 0.379. The van der Waals surface area contributed by atoms with Gasteiger partial charge in [0, 0.05) is 30.7 Å². The zero-order valence-corrected chi connectivity index (χ0v) is 22.4. The molecule has 0 radical (unpaired) electrons. The van der Waals surface area contributed by atoms with Crippen molar-refractivity contribution in [1.82, 2.24) is 5.32 Å². The number of aryl methyl sites for hydroxylation is 1.